The predicted molar refractivity (Wildman–Crippen MR) is 111 cm³/mol. The largest absolute Gasteiger partial charge is 0.332 e. The van der Waals surface area contributed by atoms with E-state index in [1.54, 1.807) is 18.5 Å². The number of carbonyl (C=O) groups is 1. The SMILES string of the molecule is Cc1ccc(C(=O)CCc2cn(-c3ccc(-n4ccc(=O)[nH]c4=O)cc3)cn2)s1. The highest BCUT2D eigenvalue weighted by atomic mass is 32.1. The molecule has 0 aliphatic carbocycles. The molecule has 3 heterocycles. The van der Waals surface area contributed by atoms with Crippen LogP contribution in [0.15, 0.2) is 70.8 Å². The number of rotatable bonds is 6. The second kappa shape index (κ2) is 7.84. The summed E-state index contributed by atoms with van der Waals surface area (Å²) in [4.78, 5) is 43.9. The van der Waals surface area contributed by atoms with E-state index < -0.39 is 11.2 Å². The second-order valence-corrected chi connectivity index (χ2v) is 7.89. The van der Waals surface area contributed by atoms with Crippen molar-refractivity contribution in [1.82, 2.24) is 19.1 Å². The van der Waals surface area contributed by atoms with Crippen LogP contribution in [0.1, 0.15) is 26.7 Å². The Hall–Kier alpha value is -3.52. The first kappa shape index (κ1) is 18.8. The van der Waals surface area contributed by atoms with Crippen molar-refractivity contribution >= 4 is 17.1 Å². The minimum absolute atomic E-state index is 0.133. The van der Waals surface area contributed by atoms with E-state index in [1.165, 1.54) is 28.2 Å². The number of aromatic nitrogens is 4. The number of ketones is 1. The molecule has 0 radical (unpaired) electrons. The van der Waals surface area contributed by atoms with E-state index in [9.17, 15) is 14.4 Å². The van der Waals surface area contributed by atoms with Gasteiger partial charge in [-0.05, 0) is 49.7 Å². The molecule has 0 bridgehead atoms. The zero-order chi connectivity index (χ0) is 20.4. The number of hydrogen-bond acceptors (Lipinski definition) is 5. The Kier molecular flexibility index (Phi) is 5.09. The van der Waals surface area contributed by atoms with Gasteiger partial charge in [-0.3, -0.25) is 19.1 Å². The monoisotopic (exact) mass is 406 g/mol. The van der Waals surface area contributed by atoms with Crippen molar-refractivity contribution in [3.63, 3.8) is 0 Å². The standard InChI is InChI=1S/C21H18N4O3S/c1-14-2-9-19(29-14)18(26)8-3-15-12-24(13-22-15)16-4-6-17(7-5-16)25-11-10-20(27)23-21(25)28/h2,4-7,9-13H,3,8H2,1H3,(H,23,27,28). The number of Topliss-reactive ketones (excluding diaryl/α,β-unsaturated/α-hetero) is 1. The van der Waals surface area contributed by atoms with Crippen LogP contribution in [0.25, 0.3) is 11.4 Å². The lowest BCUT2D eigenvalue weighted by Crippen LogP contribution is -2.27. The number of imidazole rings is 1. The average Bonchev–Trinajstić information content (AvgIpc) is 3.36. The van der Waals surface area contributed by atoms with Gasteiger partial charge in [0.05, 0.1) is 22.6 Å². The van der Waals surface area contributed by atoms with Crippen LogP contribution >= 0.6 is 11.3 Å². The van der Waals surface area contributed by atoms with Gasteiger partial charge < -0.3 is 4.57 Å². The van der Waals surface area contributed by atoms with Crippen molar-refractivity contribution < 1.29 is 4.79 Å². The molecule has 7 nitrogen and oxygen atoms in total. The highest BCUT2D eigenvalue weighted by Crippen LogP contribution is 2.18. The fourth-order valence-electron chi connectivity index (χ4n) is 2.99. The zero-order valence-corrected chi connectivity index (χ0v) is 16.5. The van der Waals surface area contributed by atoms with Crippen LogP contribution in [0.2, 0.25) is 0 Å². The summed E-state index contributed by atoms with van der Waals surface area (Å²) in [7, 11) is 0. The van der Waals surface area contributed by atoms with Crippen LogP contribution in [-0.2, 0) is 6.42 Å². The molecule has 0 atom stereocenters. The number of H-pyrrole nitrogens is 1. The number of thiophene rings is 1. The molecule has 0 aliphatic rings. The molecule has 0 saturated heterocycles. The van der Waals surface area contributed by atoms with Crippen molar-refractivity contribution in [3.05, 3.63) is 97.5 Å². The predicted octanol–water partition coefficient (Wildman–Crippen LogP) is 2.90. The molecule has 29 heavy (non-hydrogen) atoms. The van der Waals surface area contributed by atoms with Crippen molar-refractivity contribution in [2.75, 3.05) is 0 Å². The van der Waals surface area contributed by atoms with Crippen LogP contribution < -0.4 is 11.2 Å². The Balaban J connectivity index is 1.46. The van der Waals surface area contributed by atoms with Gasteiger partial charge in [-0.1, -0.05) is 0 Å². The summed E-state index contributed by atoms with van der Waals surface area (Å²) in [5.41, 5.74) is 1.45. The molecular formula is C21H18N4O3S. The molecule has 0 unspecified atom stereocenters. The molecule has 4 aromatic rings. The molecule has 0 spiro atoms. The van der Waals surface area contributed by atoms with E-state index in [4.69, 9.17) is 0 Å². The van der Waals surface area contributed by atoms with Gasteiger partial charge in [-0.15, -0.1) is 11.3 Å². The summed E-state index contributed by atoms with van der Waals surface area (Å²) in [5.74, 6) is 0.133. The molecule has 0 saturated carbocycles. The Morgan fingerprint density at radius 1 is 1.07 bits per heavy atom. The number of nitrogens with one attached hydrogen (secondary N) is 1. The van der Waals surface area contributed by atoms with Crippen LogP contribution in [0, 0.1) is 6.92 Å². The molecule has 1 N–H and O–H groups in total. The summed E-state index contributed by atoms with van der Waals surface area (Å²) in [6, 6.07) is 12.4. The van der Waals surface area contributed by atoms with Gasteiger partial charge >= 0.3 is 5.69 Å². The number of nitrogens with zero attached hydrogens (tertiary/aromatic N) is 3. The minimum atomic E-state index is -0.485. The maximum atomic E-state index is 12.3. The molecule has 3 aromatic heterocycles. The van der Waals surface area contributed by atoms with E-state index in [1.807, 2.05) is 42.0 Å². The third kappa shape index (κ3) is 4.17. The zero-order valence-electron chi connectivity index (χ0n) is 15.7. The molecule has 0 aliphatic heterocycles. The lowest BCUT2D eigenvalue weighted by molar-refractivity contribution is 0.0986. The Morgan fingerprint density at radius 3 is 2.52 bits per heavy atom. The molecule has 4 rings (SSSR count). The number of hydrogen-bond donors (Lipinski definition) is 1. The summed E-state index contributed by atoms with van der Waals surface area (Å²) in [6.07, 6.45) is 6.04. The van der Waals surface area contributed by atoms with Crippen LogP contribution in [0.4, 0.5) is 0 Å². The number of carbonyl (C=O) groups excluding carboxylic acids is 1. The highest BCUT2D eigenvalue weighted by Gasteiger charge is 2.10. The summed E-state index contributed by atoms with van der Waals surface area (Å²) in [6.45, 7) is 1.99. The van der Waals surface area contributed by atoms with Gasteiger partial charge in [0.25, 0.3) is 5.56 Å². The van der Waals surface area contributed by atoms with Crippen LogP contribution in [-0.4, -0.2) is 24.9 Å². The molecule has 0 fully saturated rings. The fourth-order valence-corrected chi connectivity index (χ4v) is 3.82. The van der Waals surface area contributed by atoms with E-state index >= 15 is 0 Å². The lowest BCUT2D eigenvalue weighted by Gasteiger charge is -2.06. The fraction of sp³-hybridized carbons (Fsp3) is 0.143. The first-order valence-corrected chi connectivity index (χ1v) is 9.86. The lowest BCUT2D eigenvalue weighted by atomic mass is 10.1. The minimum Gasteiger partial charge on any atom is -0.306 e. The van der Waals surface area contributed by atoms with E-state index in [0.29, 0.717) is 18.5 Å². The average molecular weight is 406 g/mol. The summed E-state index contributed by atoms with van der Waals surface area (Å²) < 4.78 is 3.23. The van der Waals surface area contributed by atoms with Crippen molar-refractivity contribution in [2.24, 2.45) is 0 Å². The number of aryl methyl sites for hydroxylation is 2. The van der Waals surface area contributed by atoms with E-state index in [0.717, 1.165) is 21.1 Å². The quantitative estimate of drug-likeness (QED) is 0.499. The van der Waals surface area contributed by atoms with E-state index in [-0.39, 0.29) is 5.78 Å². The van der Waals surface area contributed by atoms with Crippen LogP contribution in [0.5, 0.6) is 0 Å². The third-order valence-corrected chi connectivity index (χ3v) is 5.55. The molecule has 146 valence electrons. The number of aromatic amines is 1. The Morgan fingerprint density at radius 2 is 1.83 bits per heavy atom. The second-order valence-electron chi connectivity index (χ2n) is 6.60. The van der Waals surface area contributed by atoms with Crippen molar-refractivity contribution in [2.45, 2.75) is 19.8 Å². The summed E-state index contributed by atoms with van der Waals surface area (Å²) >= 11 is 1.52. The normalized spacial score (nSPS) is 10.9. The molecular weight excluding hydrogens is 388 g/mol. The topological polar surface area (TPSA) is 89.8 Å². The molecule has 0 amide bonds. The highest BCUT2D eigenvalue weighted by molar-refractivity contribution is 7.14. The number of benzene rings is 1. The molecule has 1 aromatic carbocycles. The molecule has 8 heteroatoms. The smallest absolute Gasteiger partial charge is 0.306 e. The van der Waals surface area contributed by atoms with Crippen molar-refractivity contribution in [1.29, 1.82) is 0 Å². The van der Waals surface area contributed by atoms with Gasteiger partial charge in [0.2, 0.25) is 0 Å². The van der Waals surface area contributed by atoms with Crippen molar-refractivity contribution in [3.8, 4) is 11.4 Å². The third-order valence-electron chi connectivity index (χ3n) is 4.51. The first-order chi connectivity index (χ1) is 14.0. The van der Waals surface area contributed by atoms with Gasteiger partial charge in [-0.25, -0.2) is 9.78 Å². The maximum Gasteiger partial charge on any atom is 0.332 e. The van der Waals surface area contributed by atoms with E-state index in [2.05, 4.69) is 9.97 Å². The Labute approximate surface area is 169 Å². The first-order valence-electron chi connectivity index (χ1n) is 9.05. The Bertz CT molecular complexity index is 1280. The van der Waals surface area contributed by atoms with Crippen LogP contribution in [0.3, 0.4) is 0 Å². The maximum absolute atomic E-state index is 12.3. The van der Waals surface area contributed by atoms with Gasteiger partial charge in [0.1, 0.15) is 0 Å². The van der Waals surface area contributed by atoms with Gasteiger partial charge in [0, 0.05) is 35.4 Å². The van der Waals surface area contributed by atoms with Gasteiger partial charge in [-0.2, -0.15) is 0 Å². The van der Waals surface area contributed by atoms with Gasteiger partial charge in [0.15, 0.2) is 5.78 Å². The summed E-state index contributed by atoms with van der Waals surface area (Å²) in [5, 5.41) is 0.